The molecule has 0 radical (unpaired) electrons. The van der Waals surface area contributed by atoms with Gasteiger partial charge in [0.25, 0.3) is 0 Å². The quantitative estimate of drug-likeness (QED) is 0.878. The Labute approximate surface area is 143 Å². The van der Waals surface area contributed by atoms with Crippen molar-refractivity contribution in [2.24, 2.45) is 0 Å². The van der Waals surface area contributed by atoms with E-state index in [0.717, 1.165) is 5.69 Å². The molecule has 1 heterocycles. The number of ether oxygens (including phenoxy) is 2. The SMILES string of the molecule is O=C(CNc1ccc2c(c1)OCCO2)Nc1c(Cl)cccc1Cl. The highest BCUT2D eigenvalue weighted by molar-refractivity contribution is 6.39. The van der Waals surface area contributed by atoms with Crippen LogP contribution in [0.3, 0.4) is 0 Å². The summed E-state index contributed by atoms with van der Waals surface area (Å²) in [6.07, 6.45) is 0. The van der Waals surface area contributed by atoms with Gasteiger partial charge in [0.15, 0.2) is 11.5 Å². The first kappa shape index (κ1) is 15.8. The number of carbonyl (C=O) groups excluding carboxylic acids is 1. The highest BCUT2D eigenvalue weighted by atomic mass is 35.5. The lowest BCUT2D eigenvalue weighted by molar-refractivity contribution is -0.114. The van der Waals surface area contributed by atoms with Crippen LogP contribution in [-0.2, 0) is 4.79 Å². The molecule has 0 atom stereocenters. The number of fused-ring (bicyclic) bond motifs is 1. The van der Waals surface area contributed by atoms with Crippen molar-refractivity contribution in [1.82, 2.24) is 0 Å². The Morgan fingerprint density at radius 1 is 1.04 bits per heavy atom. The Bertz CT molecular complexity index is 717. The van der Waals surface area contributed by atoms with Gasteiger partial charge in [-0.2, -0.15) is 0 Å². The largest absolute Gasteiger partial charge is 0.486 e. The van der Waals surface area contributed by atoms with Crippen LogP contribution in [-0.4, -0.2) is 25.7 Å². The van der Waals surface area contributed by atoms with Gasteiger partial charge in [-0.1, -0.05) is 29.3 Å². The van der Waals surface area contributed by atoms with Gasteiger partial charge in [0.05, 0.1) is 22.3 Å². The van der Waals surface area contributed by atoms with Crippen molar-refractivity contribution in [2.45, 2.75) is 0 Å². The zero-order chi connectivity index (χ0) is 16.2. The molecule has 0 aromatic heterocycles. The number of benzene rings is 2. The summed E-state index contributed by atoms with van der Waals surface area (Å²) in [7, 11) is 0. The molecule has 3 rings (SSSR count). The minimum Gasteiger partial charge on any atom is -0.486 e. The molecule has 1 aliphatic rings. The lowest BCUT2D eigenvalue weighted by atomic mass is 10.2. The molecule has 0 unspecified atom stereocenters. The van der Waals surface area contributed by atoms with Gasteiger partial charge in [0.2, 0.25) is 5.91 Å². The summed E-state index contributed by atoms with van der Waals surface area (Å²) in [4.78, 5) is 12.0. The molecular formula is C16H14Cl2N2O3. The molecule has 2 aromatic rings. The molecule has 2 aromatic carbocycles. The van der Waals surface area contributed by atoms with Gasteiger partial charge in [-0.05, 0) is 24.3 Å². The van der Waals surface area contributed by atoms with Gasteiger partial charge >= 0.3 is 0 Å². The van der Waals surface area contributed by atoms with E-state index in [9.17, 15) is 4.79 Å². The van der Waals surface area contributed by atoms with Gasteiger partial charge < -0.3 is 20.1 Å². The minimum atomic E-state index is -0.255. The number of carbonyl (C=O) groups is 1. The van der Waals surface area contributed by atoms with Crippen LogP contribution in [0.1, 0.15) is 0 Å². The van der Waals surface area contributed by atoms with Gasteiger partial charge in [0.1, 0.15) is 13.2 Å². The molecule has 1 amide bonds. The summed E-state index contributed by atoms with van der Waals surface area (Å²) in [5.74, 6) is 1.11. The average molecular weight is 353 g/mol. The molecule has 0 saturated heterocycles. The van der Waals surface area contributed by atoms with Crippen molar-refractivity contribution in [2.75, 3.05) is 30.4 Å². The Balaban J connectivity index is 1.61. The summed E-state index contributed by atoms with van der Waals surface area (Å²) in [5, 5.41) is 6.50. The van der Waals surface area contributed by atoms with Crippen LogP contribution in [0.5, 0.6) is 11.5 Å². The minimum absolute atomic E-state index is 0.0706. The molecule has 1 aliphatic heterocycles. The summed E-state index contributed by atoms with van der Waals surface area (Å²) < 4.78 is 10.9. The number of anilines is 2. The maximum atomic E-state index is 12.0. The second kappa shape index (κ2) is 6.98. The Morgan fingerprint density at radius 3 is 2.48 bits per heavy atom. The van der Waals surface area contributed by atoms with Crippen molar-refractivity contribution in [3.8, 4) is 11.5 Å². The molecule has 0 aliphatic carbocycles. The number of nitrogens with one attached hydrogen (secondary N) is 2. The maximum absolute atomic E-state index is 12.0. The third-order valence-corrected chi connectivity index (χ3v) is 3.85. The van der Waals surface area contributed by atoms with E-state index >= 15 is 0 Å². The molecule has 2 N–H and O–H groups in total. The molecular weight excluding hydrogens is 339 g/mol. The van der Waals surface area contributed by atoms with Gasteiger partial charge in [-0.15, -0.1) is 0 Å². The fraction of sp³-hybridized carbons (Fsp3) is 0.188. The van der Waals surface area contributed by atoms with Crippen LogP contribution in [0.2, 0.25) is 10.0 Å². The first-order chi connectivity index (χ1) is 11.1. The number of para-hydroxylation sites is 1. The predicted octanol–water partition coefficient (Wildman–Crippen LogP) is 3.82. The number of hydrogen-bond donors (Lipinski definition) is 2. The lowest BCUT2D eigenvalue weighted by Gasteiger charge is -2.19. The molecule has 7 heteroatoms. The van der Waals surface area contributed by atoms with Crippen molar-refractivity contribution in [3.05, 3.63) is 46.4 Å². The third-order valence-electron chi connectivity index (χ3n) is 3.22. The molecule has 0 fully saturated rings. The van der Waals surface area contributed by atoms with Crippen LogP contribution >= 0.6 is 23.2 Å². The number of halogens is 2. The Morgan fingerprint density at radius 2 is 1.74 bits per heavy atom. The monoisotopic (exact) mass is 352 g/mol. The maximum Gasteiger partial charge on any atom is 0.243 e. The Hall–Kier alpha value is -2.11. The second-order valence-electron chi connectivity index (χ2n) is 4.86. The number of amides is 1. The normalized spacial score (nSPS) is 12.6. The van der Waals surface area contributed by atoms with E-state index < -0.39 is 0 Å². The lowest BCUT2D eigenvalue weighted by Crippen LogP contribution is -2.22. The zero-order valence-electron chi connectivity index (χ0n) is 12.1. The van der Waals surface area contributed by atoms with Crippen LogP contribution in [0.4, 0.5) is 11.4 Å². The van der Waals surface area contributed by atoms with Gasteiger partial charge in [-0.25, -0.2) is 0 Å². The second-order valence-corrected chi connectivity index (χ2v) is 5.67. The van der Waals surface area contributed by atoms with Gasteiger partial charge in [0, 0.05) is 11.8 Å². The smallest absolute Gasteiger partial charge is 0.243 e. The topological polar surface area (TPSA) is 59.6 Å². The molecule has 0 saturated carbocycles. The predicted molar refractivity (Wildman–Crippen MR) is 91.0 cm³/mol. The van der Waals surface area contributed by atoms with E-state index in [1.54, 1.807) is 30.3 Å². The number of hydrogen-bond acceptors (Lipinski definition) is 4. The van der Waals surface area contributed by atoms with Gasteiger partial charge in [-0.3, -0.25) is 4.79 Å². The van der Waals surface area contributed by atoms with E-state index in [4.69, 9.17) is 32.7 Å². The number of rotatable bonds is 4. The molecule has 0 bridgehead atoms. The summed E-state index contributed by atoms with van der Waals surface area (Å²) in [6.45, 7) is 1.13. The van der Waals surface area contributed by atoms with E-state index in [1.807, 2.05) is 6.07 Å². The third kappa shape index (κ3) is 3.81. The molecule has 5 nitrogen and oxygen atoms in total. The summed E-state index contributed by atoms with van der Waals surface area (Å²) in [6, 6.07) is 10.5. The van der Waals surface area contributed by atoms with Crippen molar-refractivity contribution in [3.63, 3.8) is 0 Å². The van der Waals surface area contributed by atoms with E-state index in [-0.39, 0.29) is 12.5 Å². The Kier molecular flexibility index (Phi) is 4.79. The molecule has 120 valence electrons. The van der Waals surface area contributed by atoms with Crippen molar-refractivity contribution >= 4 is 40.5 Å². The fourth-order valence-electron chi connectivity index (χ4n) is 2.14. The first-order valence-corrected chi connectivity index (χ1v) is 7.76. The average Bonchev–Trinajstić information content (AvgIpc) is 2.56. The van der Waals surface area contributed by atoms with Crippen molar-refractivity contribution in [1.29, 1.82) is 0 Å². The molecule has 0 spiro atoms. The zero-order valence-corrected chi connectivity index (χ0v) is 13.6. The standard InChI is InChI=1S/C16H14Cl2N2O3/c17-11-2-1-3-12(18)16(11)20-15(21)9-19-10-4-5-13-14(8-10)23-7-6-22-13/h1-5,8,19H,6-7,9H2,(H,20,21). The summed E-state index contributed by atoms with van der Waals surface area (Å²) in [5.41, 5.74) is 1.17. The summed E-state index contributed by atoms with van der Waals surface area (Å²) >= 11 is 12.0. The van der Waals surface area contributed by atoms with Crippen LogP contribution < -0.4 is 20.1 Å². The first-order valence-electron chi connectivity index (χ1n) is 7.01. The van der Waals surface area contributed by atoms with Crippen molar-refractivity contribution < 1.29 is 14.3 Å². The van der Waals surface area contributed by atoms with Crippen LogP contribution in [0.15, 0.2) is 36.4 Å². The molecule has 23 heavy (non-hydrogen) atoms. The van der Waals surface area contributed by atoms with E-state index in [0.29, 0.717) is 40.4 Å². The highest BCUT2D eigenvalue weighted by Crippen LogP contribution is 2.32. The van der Waals surface area contributed by atoms with Crippen LogP contribution in [0, 0.1) is 0 Å². The van der Waals surface area contributed by atoms with E-state index in [2.05, 4.69) is 10.6 Å². The van der Waals surface area contributed by atoms with E-state index in [1.165, 1.54) is 0 Å². The highest BCUT2D eigenvalue weighted by Gasteiger charge is 2.13. The van der Waals surface area contributed by atoms with Crippen LogP contribution in [0.25, 0.3) is 0 Å². The fourth-order valence-corrected chi connectivity index (χ4v) is 2.63.